The van der Waals surface area contributed by atoms with Gasteiger partial charge in [0.05, 0.1) is 12.0 Å². The summed E-state index contributed by atoms with van der Waals surface area (Å²) in [5, 5.41) is 52.5. The second kappa shape index (κ2) is 32.5. The lowest BCUT2D eigenvalue weighted by Gasteiger charge is -2.29. The van der Waals surface area contributed by atoms with Crippen molar-refractivity contribution in [3.05, 3.63) is 83.4 Å². The zero-order valence-electron chi connectivity index (χ0n) is 46.1. The fourth-order valence-corrected chi connectivity index (χ4v) is 9.74. The summed E-state index contributed by atoms with van der Waals surface area (Å²) in [5.41, 5.74) is 5.13. The molecule has 0 radical (unpaired) electrons. The minimum atomic E-state index is -1.54. The van der Waals surface area contributed by atoms with E-state index in [0.717, 1.165) is 33.9 Å². The third-order valence-electron chi connectivity index (χ3n) is 14.4. The van der Waals surface area contributed by atoms with Crippen LogP contribution in [0.1, 0.15) is 140 Å². The summed E-state index contributed by atoms with van der Waals surface area (Å²) in [6.07, 6.45) is 3.90. The largest absolute Gasteiger partial charge is 0.481 e. The molecule has 6 unspecified atom stereocenters. The molecule has 4 rings (SSSR count). The number of carboxylic acids is 4. The van der Waals surface area contributed by atoms with Crippen LogP contribution in [0.2, 0.25) is 1.41 Å². The van der Waals surface area contributed by atoms with Crippen molar-refractivity contribution < 1.29 is 69.8 Å². The summed E-state index contributed by atoms with van der Waals surface area (Å²) in [5.74, 6) is -8.91. The summed E-state index contributed by atoms with van der Waals surface area (Å²) in [7, 11) is 0. The zero-order valence-corrected chi connectivity index (χ0v) is 45.1. The van der Waals surface area contributed by atoms with Crippen LogP contribution in [-0.2, 0) is 56.0 Å². The maximum atomic E-state index is 13.9. The van der Waals surface area contributed by atoms with Gasteiger partial charge in [-0.15, -0.1) is 0 Å². The Kier molecular flexibility index (Phi) is 25.7. The first-order valence-electron chi connectivity index (χ1n) is 27.7. The number of nitrogens with two attached hydrogens (primary N) is 1. The van der Waals surface area contributed by atoms with E-state index in [9.17, 15) is 63.3 Å². The van der Waals surface area contributed by atoms with Crippen molar-refractivity contribution in [3.8, 4) is 0 Å². The molecular weight excluding hydrogens is 1000 g/mol. The lowest BCUT2D eigenvalue weighted by Crippen LogP contribution is -2.51. The number of carbonyl (C=O) groups excluding carboxylic acids is 6. The molecule has 0 saturated heterocycles. The molecule has 20 nitrogen and oxygen atoms in total. The highest BCUT2D eigenvalue weighted by molar-refractivity contribution is 5.92. The van der Waals surface area contributed by atoms with E-state index >= 15 is 0 Å². The third kappa shape index (κ3) is 22.4. The van der Waals surface area contributed by atoms with E-state index in [2.05, 4.69) is 46.2 Å². The highest BCUT2D eigenvalue weighted by atomic mass is 16.4. The van der Waals surface area contributed by atoms with Crippen LogP contribution >= 0.6 is 0 Å². The van der Waals surface area contributed by atoms with Gasteiger partial charge in [-0.05, 0) is 123 Å². The van der Waals surface area contributed by atoms with Gasteiger partial charge in [0.1, 0.15) is 25.1 Å². The standard InChI is InChI=1S/C58H80N6O14/c1-35(2)28-37-14-19-40(20-15-37)36(3)49(65)32-45(55(72)73)33-51(67)60-26-8-6-12-46(59)54(71)62-34-38-16-22-42(23-17-38)50(66)31-44(30-39-18-21-41-10-4-5-11-43(41)29-39)53(70)61-27-9-7-13-47(56(74)75)63-58(78)64-48(57(76)77)24-25-52(68)69/h4-5,10-11,14-15,18-21,29,35-36,38,42,44-48H,6-9,12-13,16-17,22-28,30-34,59H2,1-3H3,(H,60,67)(H,61,70)(H,62,71)(H,68,69)(H,72,73)(H,74,75)(H,76,77)(H2,63,64,78)/i/hD. The van der Waals surface area contributed by atoms with Gasteiger partial charge in [0.15, 0.2) is 0 Å². The molecule has 0 aliphatic heterocycles. The van der Waals surface area contributed by atoms with Crippen molar-refractivity contribution in [2.75, 3.05) is 19.6 Å². The first-order chi connectivity index (χ1) is 37.6. The first-order valence-corrected chi connectivity index (χ1v) is 27.2. The number of unbranched alkanes of at least 4 members (excludes halogenated alkanes) is 2. The van der Waals surface area contributed by atoms with Crippen LogP contribution in [-0.4, -0.2) is 117 Å². The van der Waals surface area contributed by atoms with E-state index in [-0.39, 0.29) is 80.4 Å². The van der Waals surface area contributed by atoms with Gasteiger partial charge in [-0.2, -0.15) is 0 Å². The quantitative estimate of drug-likeness (QED) is 0.0303. The normalized spacial score (nSPS) is 16.7. The number of Topliss-reactive ketones (excluding diaryl/α,β-unsaturated/α-hetero) is 2. The lowest BCUT2D eigenvalue weighted by molar-refractivity contribution is -0.146. The Bertz CT molecular complexity index is 2550. The number of carbonyl (C=O) groups is 10. The highest BCUT2D eigenvalue weighted by Crippen LogP contribution is 2.32. The van der Waals surface area contributed by atoms with Gasteiger partial charge in [-0.25, -0.2) is 14.4 Å². The van der Waals surface area contributed by atoms with E-state index in [1.165, 1.54) is 0 Å². The van der Waals surface area contributed by atoms with Crippen molar-refractivity contribution >= 4 is 70.0 Å². The Morgan fingerprint density at radius 2 is 1.23 bits per heavy atom. The monoisotopic (exact) mass is 1090 g/mol. The number of nitrogens with one attached hydrogen (secondary N) is 5. The Morgan fingerprint density at radius 1 is 0.615 bits per heavy atom. The number of rotatable bonds is 36. The second-order valence-electron chi connectivity index (χ2n) is 21.2. The lowest BCUT2D eigenvalue weighted by atomic mass is 9.77. The maximum Gasteiger partial charge on any atom is 0.326 e. The molecule has 11 N–H and O–H groups in total. The topological polar surface area (TPSA) is 338 Å². The van der Waals surface area contributed by atoms with Gasteiger partial charge in [0.25, 0.3) is 0 Å². The summed E-state index contributed by atoms with van der Waals surface area (Å²) in [6.45, 7) is 6.72. The molecule has 20 heteroatoms. The van der Waals surface area contributed by atoms with Crippen molar-refractivity contribution in [1.29, 1.82) is 0 Å². The van der Waals surface area contributed by atoms with Gasteiger partial charge in [-0.3, -0.25) is 33.6 Å². The molecule has 0 spiro atoms. The van der Waals surface area contributed by atoms with Gasteiger partial charge < -0.3 is 52.7 Å². The van der Waals surface area contributed by atoms with E-state index < -0.39 is 84.5 Å². The number of aliphatic carboxylic acids is 4. The summed E-state index contributed by atoms with van der Waals surface area (Å²) >= 11 is 0. The number of benzene rings is 3. The summed E-state index contributed by atoms with van der Waals surface area (Å²) < 4.78 is 7.78. The van der Waals surface area contributed by atoms with Crippen LogP contribution in [0.3, 0.4) is 0 Å². The van der Waals surface area contributed by atoms with E-state index in [0.29, 0.717) is 70.3 Å². The number of fused-ring (bicyclic) bond motifs is 1. The van der Waals surface area contributed by atoms with Crippen molar-refractivity contribution in [2.24, 2.45) is 35.3 Å². The number of amides is 5. The molecule has 0 heterocycles. The van der Waals surface area contributed by atoms with Crippen LogP contribution in [0.25, 0.3) is 10.8 Å². The van der Waals surface area contributed by atoms with Gasteiger partial charge in [-0.1, -0.05) is 87.5 Å². The average molecular weight is 1090 g/mol. The average Bonchev–Trinajstić information content (AvgIpc) is 3.41. The van der Waals surface area contributed by atoms with Crippen molar-refractivity contribution in [3.63, 3.8) is 0 Å². The molecule has 1 fully saturated rings. The number of carboxylic acid groups (broad SMARTS) is 4. The molecule has 1 aliphatic rings. The predicted molar refractivity (Wildman–Crippen MR) is 291 cm³/mol. The number of urea groups is 1. The van der Waals surface area contributed by atoms with Gasteiger partial charge in [0, 0.05) is 63.1 Å². The Balaban J connectivity index is 1.19. The number of hydrogen-bond donors (Lipinski definition) is 10. The molecular formula is C58H80N6O14. The Morgan fingerprint density at radius 3 is 1.85 bits per heavy atom. The second-order valence-corrected chi connectivity index (χ2v) is 21.2. The third-order valence-corrected chi connectivity index (χ3v) is 14.4. The smallest absolute Gasteiger partial charge is 0.326 e. The van der Waals surface area contributed by atoms with Gasteiger partial charge in [0.2, 0.25) is 17.7 Å². The molecule has 3 aromatic carbocycles. The molecule has 0 aromatic heterocycles. The molecule has 426 valence electrons. The van der Waals surface area contributed by atoms with Crippen molar-refractivity contribution in [1.82, 2.24) is 26.6 Å². The van der Waals surface area contributed by atoms with E-state index in [1.807, 2.05) is 66.7 Å². The van der Waals surface area contributed by atoms with E-state index in [1.54, 1.807) is 6.92 Å². The number of hydrogen-bond acceptors (Lipinski definition) is 11. The Labute approximate surface area is 457 Å². The summed E-state index contributed by atoms with van der Waals surface area (Å²) in [4.78, 5) is 125. The molecule has 0 bridgehead atoms. The van der Waals surface area contributed by atoms with Gasteiger partial charge >= 0.3 is 29.9 Å². The Hall–Kier alpha value is -7.22. The molecule has 6 atom stereocenters. The highest BCUT2D eigenvalue weighted by Gasteiger charge is 2.32. The minimum Gasteiger partial charge on any atom is -0.481 e. The van der Waals surface area contributed by atoms with Crippen LogP contribution in [0.4, 0.5) is 4.79 Å². The fourth-order valence-electron chi connectivity index (χ4n) is 9.74. The van der Waals surface area contributed by atoms with Crippen LogP contribution in [0, 0.1) is 29.6 Å². The zero-order chi connectivity index (χ0) is 58.0. The van der Waals surface area contributed by atoms with Crippen molar-refractivity contribution in [2.45, 2.75) is 154 Å². The van der Waals surface area contributed by atoms with Crippen LogP contribution in [0.5, 0.6) is 0 Å². The summed E-state index contributed by atoms with van der Waals surface area (Å²) in [6, 6.07) is 16.6. The molecule has 1 aliphatic carbocycles. The minimum absolute atomic E-state index is 0.00689. The van der Waals surface area contributed by atoms with Crippen LogP contribution < -0.4 is 32.3 Å². The fraction of sp³-hybridized carbons (Fsp3) is 0.552. The molecule has 5 amide bonds. The SMILES string of the molecule is [2H]NC(CCCCNC(=O)CC(CC(=O)C(C)c1ccc(CC(C)C)cc1)C(=O)O)C(=O)NCC1CCC(C(=O)CC(Cc2ccc3ccccc3c2)C(=O)NCCCCC(NC(=O)NC(CCC(=O)O)C(=O)O)C(=O)O)CC1. The predicted octanol–water partition coefficient (Wildman–Crippen LogP) is 5.90. The first kappa shape index (κ1) is 61.6. The van der Waals surface area contributed by atoms with E-state index in [4.69, 9.17) is 6.52 Å². The molecule has 78 heavy (non-hydrogen) atoms. The molecule has 1 saturated carbocycles. The maximum absolute atomic E-state index is 13.9. The van der Waals surface area contributed by atoms with Crippen LogP contribution in [0.15, 0.2) is 66.7 Å². The number of ketones is 2. The molecule has 3 aromatic rings.